The molecule has 0 aromatic heterocycles. The molecule has 1 unspecified atom stereocenters. The van der Waals surface area contributed by atoms with Crippen LogP contribution in [0.3, 0.4) is 0 Å². The summed E-state index contributed by atoms with van der Waals surface area (Å²) < 4.78 is 10.6. The number of carbonyl (C=O) groups is 2. The molecule has 0 aliphatic carbocycles. The smallest absolute Gasteiger partial charge is 0.342 e. The van der Waals surface area contributed by atoms with Gasteiger partial charge in [-0.15, -0.1) is 0 Å². The van der Waals surface area contributed by atoms with Crippen molar-refractivity contribution in [3.05, 3.63) is 71.8 Å². The first-order chi connectivity index (χ1) is 14.0. The van der Waals surface area contributed by atoms with Crippen LogP contribution in [0.4, 0.5) is 5.69 Å². The number of ether oxygens (including phenoxy) is 2. The lowest BCUT2D eigenvalue weighted by atomic mass is 9.97. The maximum absolute atomic E-state index is 12.6. The minimum Gasteiger partial charge on any atom is -0.496 e. The van der Waals surface area contributed by atoms with Crippen molar-refractivity contribution in [2.24, 2.45) is 0 Å². The highest BCUT2D eigenvalue weighted by Gasteiger charge is 2.17. The summed E-state index contributed by atoms with van der Waals surface area (Å²) in [5.41, 5.74) is 2.09. The summed E-state index contributed by atoms with van der Waals surface area (Å²) in [5, 5.41) is 4.70. The highest BCUT2D eigenvalue weighted by molar-refractivity contribution is 6.00. The zero-order chi connectivity index (χ0) is 20.8. The van der Waals surface area contributed by atoms with Crippen LogP contribution in [0.25, 0.3) is 10.8 Å². The molecule has 29 heavy (non-hydrogen) atoms. The summed E-state index contributed by atoms with van der Waals surface area (Å²) in [6, 6.07) is 18.8. The molecule has 5 heteroatoms. The van der Waals surface area contributed by atoms with Gasteiger partial charge in [0.15, 0.2) is 6.61 Å². The average molecular weight is 391 g/mol. The maximum Gasteiger partial charge on any atom is 0.342 e. The molecule has 1 atom stereocenters. The van der Waals surface area contributed by atoms with Crippen LogP contribution in [-0.2, 0) is 9.53 Å². The quantitative estimate of drug-likeness (QED) is 0.565. The molecule has 3 aromatic rings. The molecular weight excluding hydrogens is 366 g/mol. The average Bonchev–Trinajstić information content (AvgIpc) is 2.76. The largest absolute Gasteiger partial charge is 0.496 e. The van der Waals surface area contributed by atoms with Crippen molar-refractivity contribution in [2.45, 2.75) is 26.2 Å². The van der Waals surface area contributed by atoms with Gasteiger partial charge in [0, 0.05) is 5.69 Å². The number of hydrogen-bond donors (Lipinski definition) is 1. The van der Waals surface area contributed by atoms with Crippen molar-refractivity contribution in [2.75, 3.05) is 19.0 Å². The molecule has 0 saturated carbocycles. The summed E-state index contributed by atoms with van der Waals surface area (Å²) in [7, 11) is 1.50. The van der Waals surface area contributed by atoms with E-state index in [0.717, 1.165) is 28.4 Å². The topological polar surface area (TPSA) is 64.6 Å². The van der Waals surface area contributed by atoms with Crippen LogP contribution in [0, 0.1) is 0 Å². The summed E-state index contributed by atoms with van der Waals surface area (Å²) in [4.78, 5) is 24.9. The fourth-order valence-electron chi connectivity index (χ4n) is 3.20. The van der Waals surface area contributed by atoms with Crippen LogP contribution in [0.1, 0.15) is 42.1 Å². The lowest BCUT2D eigenvalue weighted by molar-refractivity contribution is -0.119. The molecule has 3 aromatic carbocycles. The number of hydrogen-bond acceptors (Lipinski definition) is 4. The molecule has 0 saturated heterocycles. The number of rotatable bonds is 7. The van der Waals surface area contributed by atoms with Gasteiger partial charge >= 0.3 is 5.97 Å². The Hall–Kier alpha value is -3.34. The van der Waals surface area contributed by atoms with Gasteiger partial charge in [-0.3, -0.25) is 4.79 Å². The van der Waals surface area contributed by atoms with Gasteiger partial charge in [-0.05, 0) is 46.9 Å². The molecule has 0 bridgehead atoms. The summed E-state index contributed by atoms with van der Waals surface area (Å²) in [6.45, 7) is 3.84. The Balaban J connectivity index is 1.70. The molecule has 1 amide bonds. The van der Waals surface area contributed by atoms with E-state index in [2.05, 4.69) is 19.2 Å². The Kier molecular flexibility index (Phi) is 6.50. The van der Waals surface area contributed by atoms with Gasteiger partial charge in [0.25, 0.3) is 5.91 Å². The Labute approximate surface area is 170 Å². The summed E-state index contributed by atoms with van der Waals surface area (Å²) >= 11 is 0. The van der Waals surface area contributed by atoms with Gasteiger partial charge in [-0.25, -0.2) is 4.79 Å². The van der Waals surface area contributed by atoms with E-state index in [9.17, 15) is 9.59 Å². The van der Waals surface area contributed by atoms with Crippen molar-refractivity contribution >= 4 is 28.3 Å². The van der Waals surface area contributed by atoms with Gasteiger partial charge in [0.1, 0.15) is 11.3 Å². The van der Waals surface area contributed by atoms with Crippen molar-refractivity contribution < 1.29 is 19.1 Å². The van der Waals surface area contributed by atoms with Gasteiger partial charge in [0.05, 0.1) is 7.11 Å². The van der Waals surface area contributed by atoms with E-state index in [1.807, 2.05) is 48.5 Å². The number of nitrogens with one attached hydrogen (secondary N) is 1. The zero-order valence-corrected chi connectivity index (χ0v) is 16.9. The number of methoxy groups -OCH3 is 1. The van der Waals surface area contributed by atoms with E-state index in [-0.39, 0.29) is 12.5 Å². The lowest BCUT2D eigenvalue weighted by Gasteiger charge is -2.16. The van der Waals surface area contributed by atoms with Gasteiger partial charge < -0.3 is 14.8 Å². The molecule has 0 fully saturated rings. The number of para-hydroxylation sites is 1. The number of carbonyl (C=O) groups excluding carboxylic acids is 2. The Morgan fingerprint density at radius 3 is 2.34 bits per heavy atom. The second-order valence-corrected chi connectivity index (χ2v) is 6.92. The third kappa shape index (κ3) is 4.74. The summed E-state index contributed by atoms with van der Waals surface area (Å²) in [6.07, 6.45) is 0.962. The first kappa shape index (κ1) is 20.4. The van der Waals surface area contributed by atoms with Crippen LogP contribution >= 0.6 is 0 Å². The summed E-state index contributed by atoms with van der Waals surface area (Å²) in [5.74, 6) is -0.251. The normalized spacial score (nSPS) is 11.7. The molecule has 150 valence electrons. The second kappa shape index (κ2) is 9.24. The highest BCUT2D eigenvalue weighted by Crippen LogP contribution is 2.28. The molecule has 5 nitrogen and oxygen atoms in total. The molecule has 0 heterocycles. The maximum atomic E-state index is 12.6. The van der Waals surface area contributed by atoms with Crippen LogP contribution in [0.2, 0.25) is 0 Å². The van der Waals surface area contributed by atoms with E-state index < -0.39 is 5.97 Å². The third-order valence-electron chi connectivity index (χ3n) is 5.00. The van der Waals surface area contributed by atoms with E-state index in [1.165, 1.54) is 7.11 Å². The van der Waals surface area contributed by atoms with Crippen LogP contribution in [0.5, 0.6) is 5.75 Å². The Morgan fingerprint density at radius 1 is 1.00 bits per heavy atom. The van der Waals surface area contributed by atoms with Crippen LogP contribution in [0.15, 0.2) is 60.7 Å². The van der Waals surface area contributed by atoms with E-state index in [4.69, 9.17) is 9.47 Å². The first-order valence-corrected chi connectivity index (χ1v) is 9.66. The number of anilines is 1. The van der Waals surface area contributed by atoms with Gasteiger partial charge in [-0.2, -0.15) is 0 Å². The van der Waals surface area contributed by atoms with Crippen LogP contribution in [-0.4, -0.2) is 25.6 Å². The fraction of sp³-hybridized carbons (Fsp3) is 0.250. The molecule has 0 aliphatic heterocycles. The van der Waals surface area contributed by atoms with Crippen molar-refractivity contribution in [1.29, 1.82) is 0 Å². The minimum absolute atomic E-state index is 0.291. The third-order valence-corrected chi connectivity index (χ3v) is 5.00. The van der Waals surface area contributed by atoms with E-state index in [1.54, 1.807) is 12.1 Å². The van der Waals surface area contributed by atoms with Gasteiger partial charge in [-0.1, -0.05) is 56.3 Å². The molecule has 0 spiro atoms. The Morgan fingerprint density at radius 2 is 1.66 bits per heavy atom. The molecule has 0 radical (unpaired) electrons. The molecule has 3 rings (SSSR count). The Bertz CT molecular complexity index is 1030. The second-order valence-electron chi connectivity index (χ2n) is 6.92. The standard InChI is InChI=1S/C24H25NO4/c1-4-16(2)19-11-7-8-12-21(19)25-23(26)15-29-24(27)20-13-17-9-5-6-10-18(17)14-22(20)28-3/h5-14,16H,4,15H2,1-3H3,(H,25,26). The van der Waals surface area contributed by atoms with Crippen molar-refractivity contribution in [3.63, 3.8) is 0 Å². The zero-order valence-electron chi connectivity index (χ0n) is 16.9. The SMILES string of the molecule is CCC(C)c1ccccc1NC(=O)COC(=O)c1cc2ccccc2cc1OC. The minimum atomic E-state index is -0.599. The van der Waals surface area contributed by atoms with Crippen LogP contribution < -0.4 is 10.1 Å². The van der Waals surface area contributed by atoms with Gasteiger partial charge in [0.2, 0.25) is 0 Å². The first-order valence-electron chi connectivity index (χ1n) is 9.66. The predicted molar refractivity (Wildman–Crippen MR) is 115 cm³/mol. The molecule has 1 N–H and O–H groups in total. The number of esters is 1. The van der Waals surface area contributed by atoms with Crippen molar-refractivity contribution in [1.82, 2.24) is 0 Å². The predicted octanol–water partition coefficient (Wildman–Crippen LogP) is 5.16. The lowest BCUT2D eigenvalue weighted by Crippen LogP contribution is -2.22. The molecular formula is C24H25NO4. The number of amides is 1. The molecule has 0 aliphatic rings. The van der Waals surface area contributed by atoms with Crippen molar-refractivity contribution in [3.8, 4) is 5.75 Å². The number of fused-ring (bicyclic) bond motifs is 1. The fourth-order valence-corrected chi connectivity index (χ4v) is 3.20. The van der Waals surface area contributed by atoms with E-state index in [0.29, 0.717) is 17.2 Å². The van der Waals surface area contributed by atoms with E-state index >= 15 is 0 Å². The number of benzene rings is 3. The highest BCUT2D eigenvalue weighted by atomic mass is 16.5. The monoisotopic (exact) mass is 391 g/mol.